The summed E-state index contributed by atoms with van der Waals surface area (Å²) in [5.74, 6) is -0.388. The van der Waals surface area contributed by atoms with Gasteiger partial charge in [0, 0.05) is 16.3 Å². The van der Waals surface area contributed by atoms with Gasteiger partial charge < -0.3 is 14.8 Å². The summed E-state index contributed by atoms with van der Waals surface area (Å²) in [6.07, 6.45) is 0. The van der Waals surface area contributed by atoms with E-state index in [4.69, 9.17) is 9.47 Å². The normalized spacial score (nSPS) is 10.8. The molecule has 0 aliphatic carbocycles. The molecule has 0 aliphatic rings. The maximum atomic E-state index is 13.5. The number of nitrogens with zero attached hydrogens (tertiary/aromatic N) is 2. The molecule has 0 radical (unpaired) electrons. The Kier molecular flexibility index (Phi) is 6.23. The van der Waals surface area contributed by atoms with Crippen LogP contribution in [-0.2, 0) is 4.74 Å². The Bertz CT molecular complexity index is 1410. The van der Waals surface area contributed by atoms with Crippen molar-refractivity contribution in [2.45, 2.75) is 13.8 Å². The molecule has 0 aliphatic heterocycles. The molecular weight excluding hydrogens is 442 g/mol. The number of hydrogen-bond donors (Lipinski definition) is 1. The van der Waals surface area contributed by atoms with Crippen LogP contribution >= 0.6 is 11.3 Å². The molecule has 0 saturated heterocycles. The minimum absolute atomic E-state index is 0.00471. The number of nitrogens with one attached hydrogen (secondary N) is 1. The standard InChI is InChI=1S/C24H21N3O5S/c1-4-32-24(30)20-18-13-33-22(25-21(28)17-8-6-5-7-14(17)2)19(18)23(29)27(26-20)15-9-11-16(31-3)12-10-15/h5-13H,4H2,1-3H3,(H,25,28). The van der Waals surface area contributed by atoms with Gasteiger partial charge in [0.15, 0.2) is 5.69 Å². The maximum absolute atomic E-state index is 13.5. The van der Waals surface area contributed by atoms with Gasteiger partial charge in [0.25, 0.3) is 11.5 Å². The van der Waals surface area contributed by atoms with Crippen LogP contribution in [0, 0.1) is 6.92 Å². The first-order valence-corrected chi connectivity index (χ1v) is 11.1. The first-order chi connectivity index (χ1) is 15.9. The lowest BCUT2D eigenvalue weighted by atomic mass is 10.1. The summed E-state index contributed by atoms with van der Waals surface area (Å²) in [7, 11) is 1.54. The van der Waals surface area contributed by atoms with Crippen LogP contribution in [0.2, 0.25) is 0 Å². The number of esters is 1. The summed E-state index contributed by atoms with van der Waals surface area (Å²) in [4.78, 5) is 39.0. The Hall–Kier alpha value is -3.98. The molecule has 168 valence electrons. The lowest BCUT2D eigenvalue weighted by Crippen LogP contribution is -2.25. The van der Waals surface area contributed by atoms with E-state index in [-0.39, 0.29) is 23.6 Å². The topological polar surface area (TPSA) is 99.5 Å². The molecular formula is C24H21N3O5S. The zero-order chi connectivity index (χ0) is 23.5. The van der Waals surface area contributed by atoms with E-state index >= 15 is 0 Å². The average Bonchev–Trinajstić information content (AvgIpc) is 3.24. The molecule has 2 aromatic heterocycles. The van der Waals surface area contributed by atoms with Gasteiger partial charge in [-0.15, -0.1) is 11.3 Å². The first kappa shape index (κ1) is 22.2. The number of aromatic nitrogens is 2. The number of hydrogen-bond acceptors (Lipinski definition) is 7. The Morgan fingerprint density at radius 3 is 2.52 bits per heavy atom. The molecule has 0 bridgehead atoms. The SMILES string of the molecule is CCOC(=O)c1nn(-c2ccc(OC)cc2)c(=O)c2c(NC(=O)c3ccccc3C)scc12. The van der Waals surface area contributed by atoms with Crippen LogP contribution in [0.3, 0.4) is 0 Å². The van der Waals surface area contributed by atoms with Crippen LogP contribution in [0.5, 0.6) is 5.75 Å². The summed E-state index contributed by atoms with van der Waals surface area (Å²) in [6.45, 7) is 3.68. The summed E-state index contributed by atoms with van der Waals surface area (Å²) in [5, 5.41) is 9.59. The molecule has 33 heavy (non-hydrogen) atoms. The summed E-state index contributed by atoms with van der Waals surface area (Å²) < 4.78 is 11.5. The van der Waals surface area contributed by atoms with Gasteiger partial charge in [0.1, 0.15) is 10.8 Å². The molecule has 4 rings (SSSR count). The van der Waals surface area contributed by atoms with Crippen molar-refractivity contribution in [3.05, 3.63) is 81.1 Å². The molecule has 0 saturated carbocycles. The van der Waals surface area contributed by atoms with E-state index in [1.54, 1.807) is 55.8 Å². The highest BCUT2D eigenvalue weighted by molar-refractivity contribution is 7.16. The van der Waals surface area contributed by atoms with Crippen LogP contribution in [0.1, 0.15) is 33.3 Å². The average molecular weight is 464 g/mol. The summed E-state index contributed by atoms with van der Waals surface area (Å²) >= 11 is 1.15. The third-order valence-electron chi connectivity index (χ3n) is 5.05. The van der Waals surface area contributed by atoms with Crippen LogP contribution in [0.4, 0.5) is 5.00 Å². The van der Waals surface area contributed by atoms with E-state index in [2.05, 4.69) is 10.4 Å². The number of thiophene rings is 1. The Morgan fingerprint density at radius 1 is 1.12 bits per heavy atom. The van der Waals surface area contributed by atoms with Gasteiger partial charge in [0.2, 0.25) is 0 Å². The fourth-order valence-corrected chi connectivity index (χ4v) is 4.32. The zero-order valence-electron chi connectivity index (χ0n) is 18.2. The van der Waals surface area contributed by atoms with Crippen molar-refractivity contribution >= 4 is 39.0 Å². The number of fused-ring (bicyclic) bond motifs is 1. The van der Waals surface area contributed by atoms with Crippen LogP contribution in [0.25, 0.3) is 16.5 Å². The summed E-state index contributed by atoms with van der Waals surface area (Å²) in [5.41, 5.74) is 1.27. The third-order valence-corrected chi connectivity index (χ3v) is 5.95. The second-order valence-electron chi connectivity index (χ2n) is 7.11. The van der Waals surface area contributed by atoms with Crippen molar-refractivity contribution in [3.8, 4) is 11.4 Å². The quantitative estimate of drug-likeness (QED) is 0.431. The monoisotopic (exact) mass is 463 g/mol. The van der Waals surface area contributed by atoms with Gasteiger partial charge in [-0.25, -0.2) is 4.79 Å². The minimum atomic E-state index is -0.653. The molecule has 9 heteroatoms. The van der Waals surface area contributed by atoms with E-state index < -0.39 is 11.5 Å². The van der Waals surface area contributed by atoms with E-state index in [0.29, 0.717) is 27.4 Å². The second-order valence-corrected chi connectivity index (χ2v) is 7.99. The number of rotatable bonds is 6. The van der Waals surface area contributed by atoms with E-state index in [0.717, 1.165) is 21.6 Å². The number of amides is 1. The molecule has 0 spiro atoms. The van der Waals surface area contributed by atoms with Crippen LogP contribution in [-0.4, -0.2) is 35.4 Å². The van der Waals surface area contributed by atoms with Crippen molar-refractivity contribution in [1.29, 1.82) is 0 Å². The second kappa shape index (κ2) is 9.25. The van der Waals surface area contributed by atoms with E-state index in [1.807, 2.05) is 19.1 Å². The molecule has 1 N–H and O–H groups in total. The smallest absolute Gasteiger partial charge is 0.359 e. The number of aryl methyl sites for hydroxylation is 1. The number of methoxy groups -OCH3 is 1. The molecule has 2 heterocycles. The molecule has 8 nitrogen and oxygen atoms in total. The van der Waals surface area contributed by atoms with Gasteiger partial charge in [-0.05, 0) is 49.7 Å². The van der Waals surface area contributed by atoms with Crippen molar-refractivity contribution in [2.75, 3.05) is 19.0 Å². The van der Waals surface area contributed by atoms with Crippen molar-refractivity contribution in [3.63, 3.8) is 0 Å². The molecule has 1 amide bonds. The van der Waals surface area contributed by atoms with E-state index in [1.165, 1.54) is 0 Å². The fraction of sp³-hybridized carbons (Fsp3) is 0.167. The van der Waals surface area contributed by atoms with Gasteiger partial charge in [-0.3, -0.25) is 9.59 Å². The molecule has 0 unspecified atom stereocenters. The molecule has 0 fully saturated rings. The Labute approximate surface area is 193 Å². The minimum Gasteiger partial charge on any atom is -0.497 e. The predicted molar refractivity (Wildman–Crippen MR) is 127 cm³/mol. The Balaban J connectivity index is 1.88. The first-order valence-electron chi connectivity index (χ1n) is 10.2. The summed E-state index contributed by atoms with van der Waals surface area (Å²) in [6, 6.07) is 13.9. The van der Waals surface area contributed by atoms with Crippen molar-refractivity contribution in [1.82, 2.24) is 9.78 Å². The van der Waals surface area contributed by atoms with Crippen LogP contribution < -0.4 is 15.6 Å². The van der Waals surface area contributed by atoms with Crippen LogP contribution in [0.15, 0.2) is 58.7 Å². The van der Waals surface area contributed by atoms with Gasteiger partial charge in [-0.2, -0.15) is 9.78 Å². The third kappa shape index (κ3) is 4.22. The Morgan fingerprint density at radius 2 is 1.85 bits per heavy atom. The fourth-order valence-electron chi connectivity index (χ4n) is 3.39. The maximum Gasteiger partial charge on any atom is 0.359 e. The number of anilines is 1. The predicted octanol–water partition coefficient (Wildman–Crippen LogP) is 4.19. The number of carbonyl (C=O) groups excluding carboxylic acids is 2. The van der Waals surface area contributed by atoms with Crippen molar-refractivity contribution in [2.24, 2.45) is 0 Å². The molecule has 4 aromatic rings. The largest absolute Gasteiger partial charge is 0.497 e. The van der Waals surface area contributed by atoms with Gasteiger partial charge >= 0.3 is 5.97 Å². The molecule has 0 atom stereocenters. The highest BCUT2D eigenvalue weighted by Gasteiger charge is 2.23. The highest BCUT2D eigenvalue weighted by Crippen LogP contribution is 2.31. The number of ether oxygens (including phenoxy) is 2. The van der Waals surface area contributed by atoms with Gasteiger partial charge in [0.05, 0.1) is 24.8 Å². The van der Waals surface area contributed by atoms with E-state index in [9.17, 15) is 14.4 Å². The number of benzene rings is 2. The van der Waals surface area contributed by atoms with Gasteiger partial charge in [-0.1, -0.05) is 18.2 Å². The number of carbonyl (C=O) groups is 2. The highest BCUT2D eigenvalue weighted by atomic mass is 32.1. The lowest BCUT2D eigenvalue weighted by molar-refractivity contribution is 0.0520. The van der Waals surface area contributed by atoms with Crippen molar-refractivity contribution < 1.29 is 19.1 Å². The molecule has 2 aromatic carbocycles. The zero-order valence-corrected chi connectivity index (χ0v) is 19.1. The lowest BCUT2D eigenvalue weighted by Gasteiger charge is -2.11.